The number of aliphatic carboxylic acids is 1. The lowest BCUT2D eigenvalue weighted by Crippen LogP contribution is -2.25. The van der Waals surface area contributed by atoms with Gasteiger partial charge in [-0.2, -0.15) is 0 Å². The Balaban J connectivity index is 3.09. The monoisotopic (exact) mass is 439 g/mol. The van der Waals surface area contributed by atoms with Crippen LogP contribution in [0.1, 0.15) is 155 Å². The molecule has 184 valence electrons. The summed E-state index contributed by atoms with van der Waals surface area (Å²) < 4.78 is 0. The second-order valence-electron chi connectivity index (χ2n) is 9.31. The Labute approximate surface area is 193 Å². The van der Waals surface area contributed by atoms with E-state index in [9.17, 15) is 9.59 Å². The highest BCUT2D eigenvalue weighted by atomic mass is 16.4. The van der Waals surface area contributed by atoms with Crippen molar-refractivity contribution in [2.24, 2.45) is 0 Å². The molecule has 1 amide bonds. The molecule has 0 aliphatic carbocycles. The van der Waals surface area contributed by atoms with E-state index in [2.05, 4.69) is 12.2 Å². The number of unbranched alkanes of at least 4 members (excludes halogenated alkanes) is 20. The van der Waals surface area contributed by atoms with Gasteiger partial charge < -0.3 is 10.4 Å². The van der Waals surface area contributed by atoms with Crippen LogP contribution in [0, 0.1) is 0 Å². The second kappa shape index (κ2) is 25.2. The largest absolute Gasteiger partial charge is 0.481 e. The normalized spacial score (nSPS) is 11.0. The summed E-state index contributed by atoms with van der Waals surface area (Å²) >= 11 is 0. The summed E-state index contributed by atoms with van der Waals surface area (Å²) in [5.74, 6) is -0.881. The minimum atomic E-state index is -0.866. The molecule has 0 aliphatic rings. The van der Waals surface area contributed by atoms with Crippen LogP contribution in [0.25, 0.3) is 0 Å². The average Bonchev–Trinajstić information content (AvgIpc) is 2.74. The van der Waals surface area contributed by atoms with Gasteiger partial charge in [-0.3, -0.25) is 9.59 Å². The molecule has 4 heteroatoms. The van der Waals surface area contributed by atoms with Gasteiger partial charge in [0.25, 0.3) is 0 Å². The maximum absolute atomic E-state index is 11.5. The molecular weight excluding hydrogens is 386 g/mol. The summed E-state index contributed by atoms with van der Waals surface area (Å²) in [6.07, 6.45) is 29.1. The fraction of sp³-hybridized carbons (Fsp3) is 0.926. The van der Waals surface area contributed by atoms with E-state index in [4.69, 9.17) is 5.11 Å². The predicted octanol–water partition coefficient (Wildman–Crippen LogP) is 8.18. The molecule has 4 nitrogen and oxygen atoms in total. The van der Waals surface area contributed by atoms with Crippen LogP contribution in [0.4, 0.5) is 0 Å². The number of nitrogens with one attached hydrogen (secondary N) is 1. The lowest BCUT2D eigenvalue weighted by atomic mass is 10.0. The van der Waals surface area contributed by atoms with E-state index in [0.29, 0.717) is 6.42 Å². The molecule has 0 atom stereocenters. The zero-order chi connectivity index (χ0) is 22.8. The van der Waals surface area contributed by atoms with E-state index >= 15 is 0 Å². The van der Waals surface area contributed by atoms with Gasteiger partial charge in [0.1, 0.15) is 0 Å². The van der Waals surface area contributed by atoms with Crippen LogP contribution in [-0.4, -0.2) is 23.5 Å². The third kappa shape index (κ3) is 26.9. The first-order valence-electron chi connectivity index (χ1n) is 13.6. The molecule has 0 aromatic rings. The van der Waals surface area contributed by atoms with Crippen LogP contribution in [0.5, 0.6) is 0 Å². The standard InChI is InChI=1S/C27H53NO3/c1-2-3-4-5-6-7-8-9-10-11-12-13-14-15-16-17-18-19-20-21-22-23-26(29)28-25-24-27(30)31/h2-25H2,1H3,(H,28,29)(H,30,31). The first-order chi connectivity index (χ1) is 15.2. The molecule has 2 N–H and O–H groups in total. The number of carbonyl (C=O) groups is 2. The summed E-state index contributed by atoms with van der Waals surface area (Å²) in [5, 5.41) is 11.2. The minimum Gasteiger partial charge on any atom is -0.481 e. The Morgan fingerprint density at radius 3 is 1.16 bits per heavy atom. The van der Waals surface area contributed by atoms with E-state index in [1.807, 2.05) is 0 Å². The number of carbonyl (C=O) groups excluding carboxylic acids is 1. The molecule has 0 radical (unpaired) electrons. The van der Waals surface area contributed by atoms with Crippen molar-refractivity contribution in [2.45, 2.75) is 155 Å². The van der Waals surface area contributed by atoms with Gasteiger partial charge in [0.2, 0.25) is 5.91 Å². The quantitative estimate of drug-likeness (QED) is 0.141. The maximum Gasteiger partial charge on any atom is 0.305 e. The number of carboxylic acids is 1. The summed E-state index contributed by atoms with van der Waals surface area (Å²) in [6.45, 7) is 2.53. The fourth-order valence-electron chi connectivity index (χ4n) is 4.11. The first-order valence-corrected chi connectivity index (χ1v) is 13.6. The lowest BCUT2D eigenvalue weighted by Gasteiger charge is -2.05. The molecule has 0 unspecified atom stereocenters. The number of amides is 1. The van der Waals surface area contributed by atoms with Gasteiger partial charge in [-0.15, -0.1) is 0 Å². The molecular formula is C27H53NO3. The molecule has 0 saturated carbocycles. The van der Waals surface area contributed by atoms with Gasteiger partial charge >= 0.3 is 5.97 Å². The SMILES string of the molecule is CCCCCCCCCCCCCCCCCCCCCCCC(=O)NCCC(=O)O. The number of hydrogen-bond donors (Lipinski definition) is 2. The zero-order valence-corrected chi connectivity index (χ0v) is 20.7. The summed E-state index contributed by atoms with van der Waals surface area (Å²) in [7, 11) is 0. The second-order valence-corrected chi connectivity index (χ2v) is 9.31. The molecule has 0 saturated heterocycles. The van der Waals surface area contributed by atoms with Crippen LogP contribution in [0.15, 0.2) is 0 Å². The van der Waals surface area contributed by atoms with E-state index in [1.54, 1.807) is 0 Å². The third-order valence-corrected chi connectivity index (χ3v) is 6.17. The van der Waals surface area contributed by atoms with Crippen molar-refractivity contribution in [3.05, 3.63) is 0 Å². The molecule has 0 spiro atoms. The Hall–Kier alpha value is -1.06. The van der Waals surface area contributed by atoms with Crippen molar-refractivity contribution in [2.75, 3.05) is 6.54 Å². The van der Waals surface area contributed by atoms with Crippen LogP contribution >= 0.6 is 0 Å². The molecule has 0 heterocycles. The van der Waals surface area contributed by atoms with Crippen molar-refractivity contribution in [3.8, 4) is 0 Å². The zero-order valence-electron chi connectivity index (χ0n) is 20.7. The third-order valence-electron chi connectivity index (χ3n) is 6.17. The van der Waals surface area contributed by atoms with Crippen molar-refractivity contribution in [1.82, 2.24) is 5.32 Å². The topological polar surface area (TPSA) is 66.4 Å². The first kappa shape index (κ1) is 29.9. The molecule has 0 aromatic carbocycles. The highest BCUT2D eigenvalue weighted by Crippen LogP contribution is 2.15. The van der Waals surface area contributed by atoms with Gasteiger partial charge in [0.15, 0.2) is 0 Å². The molecule has 0 rings (SSSR count). The number of rotatable bonds is 25. The lowest BCUT2D eigenvalue weighted by molar-refractivity contribution is -0.136. The van der Waals surface area contributed by atoms with Crippen molar-refractivity contribution in [1.29, 1.82) is 0 Å². The molecule has 0 bridgehead atoms. The molecule has 0 aromatic heterocycles. The fourth-order valence-corrected chi connectivity index (χ4v) is 4.11. The number of carboxylic acid groups (broad SMARTS) is 1. The smallest absolute Gasteiger partial charge is 0.305 e. The average molecular weight is 440 g/mol. The van der Waals surface area contributed by atoms with Crippen LogP contribution in [-0.2, 0) is 9.59 Å². The van der Waals surface area contributed by atoms with Crippen LogP contribution in [0.2, 0.25) is 0 Å². The van der Waals surface area contributed by atoms with E-state index in [-0.39, 0.29) is 18.9 Å². The van der Waals surface area contributed by atoms with Gasteiger partial charge in [0.05, 0.1) is 6.42 Å². The van der Waals surface area contributed by atoms with Gasteiger partial charge in [-0.25, -0.2) is 0 Å². The van der Waals surface area contributed by atoms with E-state index < -0.39 is 5.97 Å². The Kier molecular flexibility index (Phi) is 24.3. The number of hydrogen-bond acceptors (Lipinski definition) is 2. The van der Waals surface area contributed by atoms with Gasteiger partial charge in [0, 0.05) is 13.0 Å². The Morgan fingerprint density at radius 2 is 0.839 bits per heavy atom. The van der Waals surface area contributed by atoms with Crippen molar-refractivity contribution < 1.29 is 14.7 Å². The Bertz CT molecular complexity index is 398. The predicted molar refractivity (Wildman–Crippen MR) is 133 cm³/mol. The van der Waals surface area contributed by atoms with E-state index in [0.717, 1.165) is 12.8 Å². The molecule has 31 heavy (non-hydrogen) atoms. The maximum atomic E-state index is 11.5. The summed E-state index contributed by atoms with van der Waals surface area (Å²) in [6, 6.07) is 0. The highest BCUT2D eigenvalue weighted by molar-refractivity contribution is 5.76. The van der Waals surface area contributed by atoms with Crippen molar-refractivity contribution in [3.63, 3.8) is 0 Å². The summed E-state index contributed by atoms with van der Waals surface area (Å²) in [4.78, 5) is 21.9. The highest BCUT2D eigenvalue weighted by Gasteiger charge is 2.02. The molecule has 0 fully saturated rings. The summed E-state index contributed by atoms with van der Waals surface area (Å²) in [5.41, 5.74) is 0. The Morgan fingerprint density at radius 1 is 0.516 bits per heavy atom. The van der Waals surface area contributed by atoms with Gasteiger partial charge in [-0.1, -0.05) is 135 Å². The van der Waals surface area contributed by atoms with Crippen LogP contribution in [0.3, 0.4) is 0 Å². The van der Waals surface area contributed by atoms with E-state index in [1.165, 1.54) is 122 Å². The van der Waals surface area contributed by atoms with Crippen LogP contribution < -0.4 is 5.32 Å². The molecule has 0 aliphatic heterocycles. The van der Waals surface area contributed by atoms with Crippen molar-refractivity contribution >= 4 is 11.9 Å². The van der Waals surface area contributed by atoms with Gasteiger partial charge in [-0.05, 0) is 6.42 Å². The minimum absolute atomic E-state index is 0.00501.